The van der Waals surface area contributed by atoms with E-state index in [0.29, 0.717) is 12.1 Å². The van der Waals surface area contributed by atoms with Gasteiger partial charge in [-0.1, -0.05) is 6.92 Å². The van der Waals surface area contributed by atoms with Gasteiger partial charge in [0.1, 0.15) is 4.90 Å². The van der Waals surface area contributed by atoms with E-state index >= 15 is 0 Å². The van der Waals surface area contributed by atoms with Gasteiger partial charge in [0.2, 0.25) is 0 Å². The summed E-state index contributed by atoms with van der Waals surface area (Å²) in [5, 5.41) is 0. The molecule has 2 N–H and O–H groups in total. The van der Waals surface area contributed by atoms with Gasteiger partial charge in [-0.3, -0.25) is 4.79 Å². The van der Waals surface area contributed by atoms with Crippen molar-refractivity contribution in [2.24, 2.45) is 0 Å². The second-order valence-corrected chi connectivity index (χ2v) is 7.41. The first kappa shape index (κ1) is 14.2. The molecule has 5 nitrogen and oxygen atoms in total. The average molecular weight is 300 g/mol. The molecule has 0 saturated heterocycles. The molecule has 0 radical (unpaired) electrons. The van der Waals surface area contributed by atoms with Crippen molar-refractivity contribution < 1.29 is 13.2 Å². The van der Waals surface area contributed by atoms with Gasteiger partial charge in [-0.15, -0.1) is 0 Å². The summed E-state index contributed by atoms with van der Waals surface area (Å²) in [4.78, 5) is 12.1. The normalized spacial score (nSPS) is 16.7. The summed E-state index contributed by atoms with van der Waals surface area (Å²) in [6.45, 7) is 2.27. The highest BCUT2D eigenvalue weighted by molar-refractivity contribution is 7.99. The summed E-state index contributed by atoms with van der Waals surface area (Å²) in [6.07, 6.45) is 0.660. The Kier molecular flexibility index (Phi) is 4.05. The molecule has 19 heavy (non-hydrogen) atoms. The standard InChI is InChI=1S/C12H16N2O3S2/c1-2-18-7-3-6-14-12(15)10-5-4-9(13)8-11(10)19(14,16)17/h4-5,8H,2-3,6-7,13H2,1H3. The SMILES string of the molecule is CCSCCCN1C(=O)c2ccc(N)cc2S1(=O)=O. The van der Waals surface area contributed by atoms with E-state index in [4.69, 9.17) is 5.73 Å². The molecule has 2 rings (SSSR count). The Balaban J connectivity index is 2.23. The molecule has 0 fully saturated rings. The van der Waals surface area contributed by atoms with E-state index < -0.39 is 15.9 Å². The van der Waals surface area contributed by atoms with Crippen LogP contribution in [0, 0.1) is 0 Å². The molecular weight excluding hydrogens is 284 g/mol. The molecule has 104 valence electrons. The number of nitrogens with two attached hydrogens (primary N) is 1. The first-order valence-electron chi connectivity index (χ1n) is 6.03. The molecule has 0 bridgehead atoms. The molecule has 1 aromatic rings. The van der Waals surface area contributed by atoms with E-state index in [1.165, 1.54) is 12.1 Å². The minimum atomic E-state index is -3.71. The van der Waals surface area contributed by atoms with Crippen LogP contribution in [-0.4, -0.2) is 36.7 Å². The van der Waals surface area contributed by atoms with Gasteiger partial charge in [0.05, 0.1) is 5.56 Å². The third kappa shape index (κ3) is 2.57. The third-order valence-electron chi connectivity index (χ3n) is 2.88. The first-order chi connectivity index (χ1) is 8.98. The van der Waals surface area contributed by atoms with Crippen molar-refractivity contribution in [3.63, 3.8) is 0 Å². The first-order valence-corrected chi connectivity index (χ1v) is 8.62. The summed E-state index contributed by atoms with van der Waals surface area (Å²) < 4.78 is 25.5. The van der Waals surface area contributed by atoms with Gasteiger partial charge >= 0.3 is 0 Å². The maximum Gasteiger partial charge on any atom is 0.269 e. The number of sulfonamides is 1. The number of fused-ring (bicyclic) bond motifs is 1. The quantitative estimate of drug-likeness (QED) is 0.659. The van der Waals surface area contributed by atoms with Gasteiger partial charge in [-0.2, -0.15) is 11.8 Å². The lowest BCUT2D eigenvalue weighted by Gasteiger charge is -2.14. The number of carbonyl (C=O) groups excluding carboxylic acids is 1. The Hall–Kier alpha value is -1.21. The van der Waals surface area contributed by atoms with Crippen molar-refractivity contribution in [2.45, 2.75) is 18.2 Å². The van der Waals surface area contributed by atoms with Crippen LogP contribution in [0.5, 0.6) is 0 Å². The maximum atomic E-state index is 12.3. The minimum absolute atomic E-state index is 0.0284. The highest BCUT2D eigenvalue weighted by atomic mass is 32.2. The zero-order chi connectivity index (χ0) is 14.0. The van der Waals surface area contributed by atoms with E-state index in [-0.39, 0.29) is 17.0 Å². The highest BCUT2D eigenvalue weighted by Gasteiger charge is 2.40. The van der Waals surface area contributed by atoms with Crippen molar-refractivity contribution in [1.82, 2.24) is 4.31 Å². The van der Waals surface area contributed by atoms with Gasteiger partial charge in [0.25, 0.3) is 15.9 Å². The number of thioether (sulfide) groups is 1. The van der Waals surface area contributed by atoms with E-state index in [1.54, 1.807) is 17.8 Å². The Labute approximate surface area is 117 Å². The van der Waals surface area contributed by atoms with Crippen LogP contribution in [0.15, 0.2) is 23.1 Å². The number of rotatable bonds is 5. The number of hydrogen-bond donors (Lipinski definition) is 1. The van der Waals surface area contributed by atoms with Gasteiger partial charge < -0.3 is 5.73 Å². The molecule has 0 spiro atoms. The minimum Gasteiger partial charge on any atom is -0.399 e. The summed E-state index contributed by atoms with van der Waals surface area (Å²) in [6, 6.07) is 4.37. The number of nitrogens with zero attached hydrogens (tertiary/aromatic N) is 1. The van der Waals surface area contributed by atoms with Crippen LogP contribution in [0.2, 0.25) is 0 Å². The number of nitrogen functional groups attached to an aromatic ring is 1. The summed E-state index contributed by atoms with van der Waals surface area (Å²) in [5.41, 5.74) is 6.15. The number of carbonyl (C=O) groups is 1. The van der Waals surface area contributed by atoms with Gasteiger partial charge in [-0.25, -0.2) is 12.7 Å². The average Bonchev–Trinajstić information content (AvgIpc) is 2.54. The van der Waals surface area contributed by atoms with Gasteiger partial charge in [0.15, 0.2) is 0 Å². The summed E-state index contributed by atoms with van der Waals surface area (Å²) >= 11 is 1.73. The highest BCUT2D eigenvalue weighted by Crippen LogP contribution is 2.31. The van der Waals surface area contributed by atoms with Crippen LogP contribution < -0.4 is 5.73 Å². The molecule has 7 heteroatoms. The van der Waals surface area contributed by atoms with E-state index in [2.05, 4.69) is 0 Å². The molecule has 1 aliphatic heterocycles. The lowest BCUT2D eigenvalue weighted by molar-refractivity contribution is 0.0871. The molecule has 1 amide bonds. The third-order valence-corrected chi connectivity index (χ3v) is 5.69. The largest absolute Gasteiger partial charge is 0.399 e. The zero-order valence-corrected chi connectivity index (χ0v) is 12.3. The fraction of sp³-hybridized carbons (Fsp3) is 0.417. The van der Waals surface area contributed by atoms with Crippen LogP contribution in [0.25, 0.3) is 0 Å². The van der Waals surface area contributed by atoms with Crippen molar-refractivity contribution in [3.8, 4) is 0 Å². The fourth-order valence-corrected chi connectivity index (χ4v) is 4.23. The van der Waals surface area contributed by atoms with Crippen molar-refractivity contribution in [1.29, 1.82) is 0 Å². The van der Waals surface area contributed by atoms with Gasteiger partial charge in [0, 0.05) is 12.2 Å². The Morgan fingerprint density at radius 1 is 1.37 bits per heavy atom. The lowest BCUT2D eigenvalue weighted by Crippen LogP contribution is -2.31. The predicted octanol–water partition coefficient (Wildman–Crippen LogP) is 1.56. The molecule has 1 aliphatic rings. The molecule has 1 heterocycles. The molecular formula is C12H16N2O3S2. The molecule has 1 aromatic carbocycles. The number of anilines is 1. The summed E-state index contributed by atoms with van der Waals surface area (Å²) in [5.74, 6) is 1.38. The predicted molar refractivity (Wildman–Crippen MR) is 76.7 cm³/mol. The zero-order valence-electron chi connectivity index (χ0n) is 10.6. The molecule has 0 unspecified atom stereocenters. The van der Waals surface area contributed by atoms with Crippen molar-refractivity contribution >= 4 is 33.4 Å². The monoisotopic (exact) mass is 300 g/mol. The fourth-order valence-electron chi connectivity index (χ4n) is 1.97. The maximum absolute atomic E-state index is 12.3. The topological polar surface area (TPSA) is 80.5 Å². The summed E-state index contributed by atoms with van der Waals surface area (Å²) in [7, 11) is -3.71. The van der Waals surface area contributed by atoms with Crippen molar-refractivity contribution in [3.05, 3.63) is 23.8 Å². The second-order valence-electron chi connectivity index (χ2n) is 4.19. The smallest absolute Gasteiger partial charge is 0.269 e. The second kappa shape index (κ2) is 5.42. The molecule has 0 saturated carbocycles. The van der Waals surface area contributed by atoms with Crippen LogP contribution in [0.3, 0.4) is 0 Å². The van der Waals surface area contributed by atoms with E-state index in [0.717, 1.165) is 15.8 Å². The molecule has 0 aliphatic carbocycles. The van der Waals surface area contributed by atoms with E-state index in [9.17, 15) is 13.2 Å². The Bertz CT molecular complexity index is 599. The molecule has 0 aromatic heterocycles. The Morgan fingerprint density at radius 2 is 2.11 bits per heavy atom. The molecule has 0 atom stereocenters. The number of amides is 1. The lowest BCUT2D eigenvalue weighted by atomic mass is 10.2. The van der Waals surface area contributed by atoms with E-state index in [1.807, 2.05) is 6.92 Å². The van der Waals surface area contributed by atoms with Crippen LogP contribution in [0.4, 0.5) is 5.69 Å². The number of benzene rings is 1. The van der Waals surface area contributed by atoms with Crippen LogP contribution >= 0.6 is 11.8 Å². The Morgan fingerprint density at radius 3 is 2.79 bits per heavy atom. The van der Waals surface area contributed by atoms with Crippen LogP contribution in [-0.2, 0) is 10.0 Å². The van der Waals surface area contributed by atoms with Crippen LogP contribution in [0.1, 0.15) is 23.7 Å². The van der Waals surface area contributed by atoms with Gasteiger partial charge in [-0.05, 0) is 36.1 Å². The number of hydrogen-bond acceptors (Lipinski definition) is 5. The van der Waals surface area contributed by atoms with Crippen molar-refractivity contribution in [2.75, 3.05) is 23.8 Å².